The molecule has 0 aromatic heterocycles. The van der Waals surface area contributed by atoms with E-state index in [0.717, 1.165) is 0 Å². The highest BCUT2D eigenvalue weighted by Crippen LogP contribution is 1.73. The highest BCUT2D eigenvalue weighted by molar-refractivity contribution is 6.31. The maximum Gasteiger partial charge on any atom is 0.0940 e. The van der Waals surface area contributed by atoms with Crippen LogP contribution in [-0.2, 0) is 0 Å². The topological polar surface area (TPSA) is 3.24 Å². The number of hydrogen-bond donors (Lipinski definition) is 0. The molecule has 0 heterocycles. The smallest absolute Gasteiger partial charge is 0.0940 e. The highest BCUT2D eigenvalue weighted by Gasteiger charge is 1.81. The van der Waals surface area contributed by atoms with Crippen molar-refractivity contribution < 1.29 is 0 Å². The summed E-state index contributed by atoms with van der Waals surface area (Å²) in [6, 6.07) is 1.40. The predicted molar refractivity (Wildman–Crippen MR) is 32.7 cm³/mol. The number of rotatable bonds is 2. The van der Waals surface area contributed by atoms with E-state index in [2.05, 4.69) is 25.6 Å². The summed E-state index contributed by atoms with van der Waals surface area (Å²) in [5.41, 5.74) is 0. The van der Waals surface area contributed by atoms with Crippen molar-refractivity contribution in [3.05, 3.63) is 0 Å². The van der Waals surface area contributed by atoms with E-state index < -0.39 is 0 Å². The second-order valence-electron chi connectivity index (χ2n) is 1.80. The minimum atomic E-state index is 0.190. The SMILES string of the molecule is CC[SiH2]N(C)C. The van der Waals surface area contributed by atoms with Crippen LogP contribution in [0.25, 0.3) is 0 Å². The van der Waals surface area contributed by atoms with E-state index >= 15 is 0 Å². The van der Waals surface area contributed by atoms with Gasteiger partial charge in [0.05, 0.1) is 9.68 Å². The Bertz CT molecular complexity index is 28.7. The van der Waals surface area contributed by atoms with Gasteiger partial charge in [-0.3, -0.25) is 0 Å². The van der Waals surface area contributed by atoms with Crippen molar-refractivity contribution >= 4 is 9.68 Å². The fourth-order valence-electron chi connectivity index (χ4n) is 0.447. The standard InChI is InChI=1S/C4H13NSi/c1-4-6-5(2)3/h4,6H2,1-3H3. The van der Waals surface area contributed by atoms with E-state index in [1.165, 1.54) is 6.04 Å². The molecule has 0 aliphatic heterocycles. The molecule has 2 heteroatoms. The third-order valence-electron chi connectivity index (χ3n) is 0.671. The summed E-state index contributed by atoms with van der Waals surface area (Å²) in [5.74, 6) is 0. The van der Waals surface area contributed by atoms with Crippen LogP contribution in [-0.4, -0.2) is 28.3 Å². The Labute approximate surface area is 42.2 Å². The number of hydrogen-bond acceptors (Lipinski definition) is 1. The maximum absolute atomic E-state index is 2.32. The quantitative estimate of drug-likeness (QED) is 0.447. The Morgan fingerprint density at radius 1 is 1.50 bits per heavy atom. The summed E-state index contributed by atoms with van der Waals surface area (Å²) in [6.45, 7) is 2.24. The molecule has 0 atom stereocenters. The Balaban J connectivity index is 2.63. The first-order valence-electron chi connectivity index (χ1n) is 2.42. The Morgan fingerprint density at radius 3 is 2.00 bits per heavy atom. The molecule has 0 aliphatic carbocycles. The molecule has 0 rings (SSSR count). The van der Waals surface area contributed by atoms with Crippen LogP contribution in [0.1, 0.15) is 6.92 Å². The number of nitrogens with zero attached hydrogens (tertiary/aromatic N) is 1. The molecule has 38 valence electrons. The third kappa shape index (κ3) is 4.18. The lowest BCUT2D eigenvalue weighted by Crippen LogP contribution is -2.15. The zero-order chi connectivity index (χ0) is 4.99. The van der Waals surface area contributed by atoms with Gasteiger partial charge in [0.25, 0.3) is 0 Å². The summed E-state index contributed by atoms with van der Waals surface area (Å²) < 4.78 is 2.32. The van der Waals surface area contributed by atoms with Gasteiger partial charge < -0.3 is 4.57 Å². The molecule has 0 unspecified atom stereocenters. The van der Waals surface area contributed by atoms with Gasteiger partial charge in [-0.05, 0) is 14.1 Å². The highest BCUT2D eigenvalue weighted by atomic mass is 28.2. The minimum absolute atomic E-state index is 0.190. The van der Waals surface area contributed by atoms with Crippen LogP contribution in [0, 0.1) is 0 Å². The molecule has 0 radical (unpaired) electrons. The molecular formula is C4H13NSi. The van der Waals surface area contributed by atoms with E-state index in [9.17, 15) is 0 Å². The summed E-state index contributed by atoms with van der Waals surface area (Å²) in [6.07, 6.45) is 0. The van der Waals surface area contributed by atoms with Gasteiger partial charge in [-0.25, -0.2) is 0 Å². The van der Waals surface area contributed by atoms with E-state index in [4.69, 9.17) is 0 Å². The molecule has 0 bridgehead atoms. The Morgan fingerprint density at radius 2 is 2.00 bits per heavy atom. The van der Waals surface area contributed by atoms with E-state index in [1.807, 2.05) is 0 Å². The minimum Gasteiger partial charge on any atom is -0.334 e. The van der Waals surface area contributed by atoms with Crippen molar-refractivity contribution in [1.82, 2.24) is 4.57 Å². The van der Waals surface area contributed by atoms with E-state index in [0.29, 0.717) is 0 Å². The summed E-state index contributed by atoms with van der Waals surface area (Å²) >= 11 is 0. The van der Waals surface area contributed by atoms with Crippen molar-refractivity contribution in [2.24, 2.45) is 0 Å². The normalized spacial score (nSPS) is 12.0. The van der Waals surface area contributed by atoms with Crippen molar-refractivity contribution in [2.45, 2.75) is 13.0 Å². The molecule has 0 saturated carbocycles. The zero-order valence-electron chi connectivity index (χ0n) is 4.86. The molecular weight excluding hydrogens is 90.1 g/mol. The lowest BCUT2D eigenvalue weighted by Gasteiger charge is -2.03. The maximum atomic E-state index is 2.32. The second kappa shape index (κ2) is 3.37. The second-order valence-corrected chi connectivity index (χ2v) is 4.52. The van der Waals surface area contributed by atoms with Crippen molar-refractivity contribution in [3.63, 3.8) is 0 Å². The predicted octanol–water partition coefficient (Wildman–Crippen LogP) is 0.0700. The lowest BCUT2D eigenvalue weighted by atomic mass is 11.0. The molecule has 6 heavy (non-hydrogen) atoms. The molecule has 1 nitrogen and oxygen atoms in total. The van der Waals surface area contributed by atoms with Crippen LogP contribution in [0.2, 0.25) is 6.04 Å². The third-order valence-corrected chi connectivity index (χ3v) is 2.01. The van der Waals surface area contributed by atoms with Gasteiger partial charge in [0, 0.05) is 0 Å². The van der Waals surface area contributed by atoms with E-state index in [-0.39, 0.29) is 9.68 Å². The van der Waals surface area contributed by atoms with Crippen LogP contribution in [0.5, 0.6) is 0 Å². The zero-order valence-corrected chi connectivity index (χ0v) is 6.28. The molecule has 0 spiro atoms. The molecule has 0 N–H and O–H groups in total. The first-order chi connectivity index (χ1) is 2.77. The molecule has 0 aromatic carbocycles. The van der Waals surface area contributed by atoms with Gasteiger partial charge in [-0.15, -0.1) is 0 Å². The average Bonchev–Trinajstić information content (AvgIpc) is 1.35. The summed E-state index contributed by atoms with van der Waals surface area (Å²) in [5, 5.41) is 0. The Hall–Kier alpha value is 0.177. The monoisotopic (exact) mass is 103 g/mol. The fourth-order valence-corrected chi connectivity index (χ4v) is 1.34. The van der Waals surface area contributed by atoms with Crippen molar-refractivity contribution in [2.75, 3.05) is 14.1 Å². The van der Waals surface area contributed by atoms with Gasteiger partial charge in [0.2, 0.25) is 0 Å². The van der Waals surface area contributed by atoms with Gasteiger partial charge in [-0.1, -0.05) is 13.0 Å². The Kier molecular flexibility index (Phi) is 3.47. The first-order valence-corrected chi connectivity index (χ1v) is 4.05. The van der Waals surface area contributed by atoms with Crippen molar-refractivity contribution in [1.29, 1.82) is 0 Å². The summed E-state index contributed by atoms with van der Waals surface area (Å²) in [7, 11) is 4.49. The van der Waals surface area contributed by atoms with E-state index in [1.54, 1.807) is 0 Å². The molecule has 0 fully saturated rings. The first kappa shape index (κ1) is 6.18. The molecule has 0 amide bonds. The van der Waals surface area contributed by atoms with Gasteiger partial charge >= 0.3 is 0 Å². The lowest BCUT2D eigenvalue weighted by molar-refractivity contribution is 0.659. The summed E-state index contributed by atoms with van der Waals surface area (Å²) in [4.78, 5) is 0. The van der Waals surface area contributed by atoms with Crippen molar-refractivity contribution in [3.8, 4) is 0 Å². The largest absolute Gasteiger partial charge is 0.334 e. The molecule has 0 saturated heterocycles. The van der Waals surface area contributed by atoms with Crippen LogP contribution in [0.4, 0.5) is 0 Å². The van der Waals surface area contributed by atoms with Crippen LogP contribution in [0.3, 0.4) is 0 Å². The van der Waals surface area contributed by atoms with Gasteiger partial charge in [-0.2, -0.15) is 0 Å². The fraction of sp³-hybridized carbons (Fsp3) is 1.00. The average molecular weight is 103 g/mol. The van der Waals surface area contributed by atoms with Crippen LogP contribution < -0.4 is 0 Å². The molecule has 0 aromatic rings. The van der Waals surface area contributed by atoms with Gasteiger partial charge in [0.1, 0.15) is 0 Å². The molecule has 0 aliphatic rings. The van der Waals surface area contributed by atoms with Gasteiger partial charge in [0.15, 0.2) is 0 Å². The van der Waals surface area contributed by atoms with Crippen LogP contribution in [0.15, 0.2) is 0 Å². The van der Waals surface area contributed by atoms with Crippen LogP contribution >= 0.6 is 0 Å².